The number of anilines is 1. The number of nitrogens with one attached hydrogen (secondary N) is 1. The van der Waals surface area contributed by atoms with E-state index in [0.29, 0.717) is 0 Å². The lowest BCUT2D eigenvalue weighted by Gasteiger charge is -2.41. The highest BCUT2D eigenvalue weighted by molar-refractivity contribution is 5.81. The fraction of sp³-hybridized carbons (Fsp3) is 0.632. The molecule has 1 aromatic carbocycles. The lowest BCUT2D eigenvalue weighted by atomic mass is 9.72. The van der Waals surface area contributed by atoms with Crippen LogP contribution in [0.1, 0.15) is 50.3 Å². The van der Waals surface area contributed by atoms with Gasteiger partial charge in [-0.3, -0.25) is 4.79 Å². The van der Waals surface area contributed by atoms with E-state index in [9.17, 15) is 4.79 Å². The highest BCUT2D eigenvalue weighted by atomic mass is 16.2. The second-order valence-corrected chi connectivity index (χ2v) is 8.13. The lowest BCUT2D eigenvalue weighted by Crippen LogP contribution is -2.49. The van der Waals surface area contributed by atoms with Crippen LogP contribution in [0.15, 0.2) is 12.1 Å². The molecular formula is C19H28N2O. The van der Waals surface area contributed by atoms with Crippen LogP contribution in [-0.2, 0) is 10.2 Å². The first-order valence-corrected chi connectivity index (χ1v) is 8.39. The first-order valence-electron chi connectivity index (χ1n) is 8.39. The van der Waals surface area contributed by atoms with E-state index < -0.39 is 0 Å². The van der Waals surface area contributed by atoms with Crippen LogP contribution in [0.2, 0.25) is 0 Å². The Bertz CT molecular complexity index is 605. The summed E-state index contributed by atoms with van der Waals surface area (Å²) in [4.78, 5) is 14.6. The summed E-state index contributed by atoms with van der Waals surface area (Å²) in [7, 11) is 0. The van der Waals surface area contributed by atoms with Gasteiger partial charge in [0.25, 0.3) is 0 Å². The maximum atomic E-state index is 12.5. The van der Waals surface area contributed by atoms with Gasteiger partial charge in [-0.05, 0) is 43.4 Å². The van der Waals surface area contributed by atoms with Gasteiger partial charge in [-0.2, -0.15) is 0 Å². The summed E-state index contributed by atoms with van der Waals surface area (Å²) < 4.78 is 0. The van der Waals surface area contributed by atoms with Crippen molar-refractivity contribution in [3.63, 3.8) is 0 Å². The van der Waals surface area contributed by atoms with Crippen LogP contribution in [0.25, 0.3) is 0 Å². The number of amides is 1. The zero-order chi connectivity index (χ0) is 16.1. The number of hydrogen-bond acceptors (Lipinski definition) is 2. The second kappa shape index (κ2) is 5.00. The van der Waals surface area contributed by atoms with Gasteiger partial charge in [0.05, 0.1) is 0 Å². The Kier molecular flexibility index (Phi) is 3.50. The van der Waals surface area contributed by atoms with Crippen molar-refractivity contribution in [1.29, 1.82) is 0 Å². The van der Waals surface area contributed by atoms with Gasteiger partial charge in [-0.15, -0.1) is 0 Å². The molecule has 1 N–H and O–H groups in total. The van der Waals surface area contributed by atoms with Crippen LogP contribution in [0, 0.1) is 19.3 Å². The standard InChI is InChI=1S/C19H28N2O/c1-13-6-7-14(2)16-15(13)19(12-20-16)8-10-21(11-9-19)17(22)18(3,4)5/h6-7,20H,8-12H2,1-5H3. The molecule has 0 aromatic heterocycles. The summed E-state index contributed by atoms with van der Waals surface area (Å²) in [5, 5.41) is 3.64. The van der Waals surface area contributed by atoms with Crippen molar-refractivity contribution in [1.82, 2.24) is 4.90 Å². The summed E-state index contributed by atoms with van der Waals surface area (Å²) in [5.74, 6) is 0.287. The molecule has 22 heavy (non-hydrogen) atoms. The van der Waals surface area contributed by atoms with Crippen molar-refractivity contribution < 1.29 is 4.79 Å². The fourth-order valence-electron chi connectivity index (χ4n) is 4.11. The summed E-state index contributed by atoms with van der Waals surface area (Å²) in [5.41, 5.74) is 5.53. The Labute approximate surface area is 134 Å². The zero-order valence-electron chi connectivity index (χ0n) is 14.5. The van der Waals surface area contributed by atoms with Crippen LogP contribution in [0.4, 0.5) is 5.69 Å². The van der Waals surface area contributed by atoms with Gasteiger partial charge in [-0.1, -0.05) is 32.9 Å². The molecule has 0 bridgehead atoms. The number of carbonyl (C=O) groups is 1. The summed E-state index contributed by atoms with van der Waals surface area (Å²) >= 11 is 0. The molecule has 0 unspecified atom stereocenters. The van der Waals surface area contributed by atoms with E-state index in [1.165, 1.54) is 22.4 Å². The highest BCUT2D eigenvalue weighted by Gasteiger charge is 2.44. The van der Waals surface area contributed by atoms with E-state index in [1.807, 2.05) is 20.8 Å². The Morgan fingerprint density at radius 2 is 1.73 bits per heavy atom. The minimum Gasteiger partial charge on any atom is -0.384 e. The molecule has 1 fully saturated rings. The van der Waals surface area contributed by atoms with Crippen molar-refractivity contribution in [2.24, 2.45) is 5.41 Å². The normalized spacial score (nSPS) is 20.0. The first kappa shape index (κ1) is 15.4. The number of piperidine rings is 1. The van der Waals surface area contributed by atoms with E-state index in [-0.39, 0.29) is 16.7 Å². The smallest absolute Gasteiger partial charge is 0.227 e. The molecule has 0 saturated carbocycles. The third kappa shape index (κ3) is 2.31. The first-order chi connectivity index (χ1) is 10.2. The number of carbonyl (C=O) groups excluding carboxylic acids is 1. The van der Waals surface area contributed by atoms with Crippen LogP contribution in [-0.4, -0.2) is 30.4 Å². The van der Waals surface area contributed by atoms with Gasteiger partial charge < -0.3 is 10.2 Å². The predicted octanol–water partition coefficient (Wildman–Crippen LogP) is 3.64. The molecule has 120 valence electrons. The molecule has 2 aliphatic heterocycles. The van der Waals surface area contributed by atoms with Crippen molar-refractivity contribution in [2.75, 3.05) is 25.0 Å². The van der Waals surface area contributed by atoms with Crippen LogP contribution in [0.5, 0.6) is 0 Å². The quantitative estimate of drug-likeness (QED) is 0.793. The largest absolute Gasteiger partial charge is 0.384 e. The molecular weight excluding hydrogens is 272 g/mol. The number of fused-ring (bicyclic) bond motifs is 2. The minimum absolute atomic E-state index is 0.222. The molecule has 1 aromatic rings. The van der Waals surface area contributed by atoms with E-state index in [1.54, 1.807) is 0 Å². The molecule has 1 spiro atoms. The topological polar surface area (TPSA) is 32.3 Å². The monoisotopic (exact) mass is 300 g/mol. The second-order valence-electron chi connectivity index (χ2n) is 8.13. The third-order valence-electron chi connectivity index (χ3n) is 5.41. The van der Waals surface area contributed by atoms with Crippen molar-refractivity contribution >= 4 is 11.6 Å². The SMILES string of the molecule is Cc1ccc(C)c2c1NCC21CCN(C(=O)C(C)(C)C)CC1. The maximum Gasteiger partial charge on any atom is 0.227 e. The van der Waals surface area contributed by atoms with Gasteiger partial charge in [-0.25, -0.2) is 0 Å². The van der Waals surface area contributed by atoms with E-state index in [4.69, 9.17) is 0 Å². The Morgan fingerprint density at radius 1 is 1.14 bits per heavy atom. The Hall–Kier alpha value is -1.51. The van der Waals surface area contributed by atoms with E-state index >= 15 is 0 Å². The average molecular weight is 300 g/mol. The Balaban J connectivity index is 1.84. The van der Waals surface area contributed by atoms with Gasteiger partial charge in [0, 0.05) is 36.2 Å². The zero-order valence-corrected chi connectivity index (χ0v) is 14.5. The highest BCUT2D eigenvalue weighted by Crippen LogP contribution is 2.47. The minimum atomic E-state index is -0.275. The van der Waals surface area contributed by atoms with Gasteiger partial charge >= 0.3 is 0 Å². The van der Waals surface area contributed by atoms with Crippen LogP contribution >= 0.6 is 0 Å². The number of hydrogen-bond donors (Lipinski definition) is 1. The van der Waals surface area contributed by atoms with E-state index in [0.717, 1.165) is 32.5 Å². The molecule has 1 saturated heterocycles. The number of rotatable bonds is 0. The van der Waals surface area contributed by atoms with Crippen molar-refractivity contribution in [3.8, 4) is 0 Å². The molecule has 3 rings (SSSR count). The predicted molar refractivity (Wildman–Crippen MR) is 91.4 cm³/mol. The third-order valence-corrected chi connectivity index (χ3v) is 5.41. The maximum absolute atomic E-state index is 12.5. The number of likely N-dealkylation sites (tertiary alicyclic amines) is 1. The molecule has 2 heterocycles. The van der Waals surface area contributed by atoms with Crippen LogP contribution < -0.4 is 5.32 Å². The molecule has 2 aliphatic rings. The van der Waals surface area contributed by atoms with Crippen LogP contribution in [0.3, 0.4) is 0 Å². The summed E-state index contributed by atoms with van der Waals surface area (Å²) in [6, 6.07) is 4.45. The lowest BCUT2D eigenvalue weighted by molar-refractivity contribution is -0.141. The molecule has 0 atom stereocenters. The molecule has 3 heteroatoms. The van der Waals surface area contributed by atoms with Crippen molar-refractivity contribution in [2.45, 2.75) is 52.9 Å². The molecule has 1 amide bonds. The van der Waals surface area contributed by atoms with Gasteiger partial charge in [0.1, 0.15) is 0 Å². The molecule has 3 nitrogen and oxygen atoms in total. The number of nitrogens with zero attached hydrogens (tertiary/aromatic N) is 1. The van der Waals surface area contributed by atoms with Gasteiger partial charge in [0.15, 0.2) is 0 Å². The number of aryl methyl sites for hydroxylation is 2. The van der Waals surface area contributed by atoms with E-state index in [2.05, 4.69) is 36.2 Å². The average Bonchev–Trinajstić information content (AvgIpc) is 2.83. The molecule has 0 radical (unpaired) electrons. The summed E-state index contributed by atoms with van der Waals surface area (Å²) in [6.07, 6.45) is 2.14. The molecule has 0 aliphatic carbocycles. The Morgan fingerprint density at radius 3 is 2.32 bits per heavy atom. The fourth-order valence-corrected chi connectivity index (χ4v) is 4.11. The van der Waals surface area contributed by atoms with Gasteiger partial charge in [0.2, 0.25) is 5.91 Å². The summed E-state index contributed by atoms with van der Waals surface area (Å²) in [6.45, 7) is 13.2. The number of benzene rings is 1. The van der Waals surface area contributed by atoms with Crippen molar-refractivity contribution in [3.05, 3.63) is 28.8 Å².